The molecule has 5 nitrogen and oxygen atoms in total. The summed E-state index contributed by atoms with van der Waals surface area (Å²) in [6, 6.07) is 17.9. The first-order valence-corrected chi connectivity index (χ1v) is 11.3. The Labute approximate surface area is 186 Å². The highest BCUT2D eigenvalue weighted by molar-refractivity contribution is 5.76. The number of piperidine rings is 1. The molecule has 1 saturated heterocycles. The number of nitrogens with zero attached hydrogens (tertiary/aromatic N) is 2. The third-order valence-corrected chi connectivity index (χ3v) is 6.03. The molecule has 5 heteroatoms. The molecule has 0 radical (unpaired) electrons. The molecule has 1 heterocycles. The average molecular weight is 423 g/mol. The normalized spacial score (nSPS) is 14.3. The number of ether oxygens (including phenoxy) is 1. The van der Waals surface area contributed by atoms with Crippen molar-refractivity contribution in [3.8, 4) is 5.75 Å². The minimum atomic E-state index is 0.156. The molecule has 0 atom stereocenters. The zero-order valence-electron chi connectivity index (χ0n) is 18.8. The molecular formula is C26H34N2O3. The van der Waals surface area contributed by atoms with E-state index < -0.39 is 0 Å². The van der Waals surface area contributed by atoms with E-state index in [0.29, 0.717) is 31.9 Å². The molecule has 166 valence electrons. The zero-order valence-corrected chi connectivity index (χ0v) is 18.8. The molecule has 0 spiro atoms. The number of carbonyl (C=O) groups is 2. The first kappa shape index (κ1) is 22.9. The van der Waals surface area contributed by atoms with Gasteiger partial charge in [0.1, 0.15) is 5.75 Å². The molecule has 2 aromatic rings. The molecule has 0 saturated carbocycles. The van der Waals surface area contributed by atoms with Crippen molar-refractivity contribution in [2.24, 2.45) is 5.92 Å². The van der Waals surface area contributed by atoms with Crippen LogP contribution in [0.15, 0.2) is 54.6 Å². The Hall–Kier alpha value is -2.82. The van der Waals surface area contributed by atoms with Crippen LogP contribution in [-0.2, 0) is 16.1 Å². The average Bonchev–Trinajstić information content (AvgIpc) is 2.80. The van der Waals surface area contributed by atoms with E-state index in [1.165, 1.54) is 5.56 Å². The third-order valence-electron chi connectivity index (χ3n) is 6.03. The van der Waals surface area contributed by atoms with Crippen LogP contribution in [0.5, 0.6) is 5.75 Å². The second-order valence-electron chi connectivity index (χ2n) is 8.51. The number of rotatable bonds is 9. The lowest BCUT2D eigenvalue weighted by atomic mass is 9.92. The van der Waals surface area contributed by atoms with Crippen LogP contribution in [0.2, 0.25) is 0 Å². The Morgan fingerprint density at radius 3 is 2.35 bits per heavy atom. The van der Waals surface area contributed by atoms with Gasteiger partial charge in [0.15, 0.2) is 0 Å². The molecule has 0 N–H and O–H groups in total. The van der Waals surface area contributed by atoms with Crippen molar-refractivity contribution in [2.45, 2.75) is 45.6 Å². The van der Waals surface area contributed by atoms with E-state index in [0.717, 1.165) is 43.7 Å². The van der Waals surface area contributed by atoms with Gasteiger partial charge in [-0.3, -0.25) is 9.59 Å². The van der Waals surface area contributed by atoms with Gasteiger partial charge in [-0.05, 0) is 49.8 Å². The quantitative estimate of drug-likeness (QED) is 0.600. The fourth-order valence-electron chi connectivity index (χ4n) is 3.98. The number of amides is 2. The monoisotopic (exact) mass is 422 g/mol. The lowest BCUT2D eigenvalue weighted by Crippen LogP contribution is -2.39. The van der Waals surface area contributed by atoms with Crippen molar-refractivity contribution in [1.29, 1.82) is 0 Å². The maximum absolute atomic E-state index is 12.5. The predicted molar refractivity (Wildman–Crippen MR) is 123 cm³/mol. The van der Waals surface area contributed by atoms with E-state index in [1.807, 2.05) is 47.2 Å². The highest BCUT2D eigenvalue weighted by Crippen LogP contribution is 2.23. The standard InChI is InChI=1S/C26H34N2O3/c1-21-8-10-23(11-9-21)20-27(2)25(29)13-12-22-14-17-28(18-15-22)26(30)16-19-31-24-6-4-3-5-7-24/h3-11,22H,12-20H2,1-2H3. The van der Waals surface area contributed by atoms with Gasteiger partial charge in [0, 0.05) is 33.1 Å². The number of para-hydroxylation sites is 1. The van der Waals surface area contributed by atoms with Crippen molar-refractivity contribution in [3.63, 3.8) is 0 Å². The van der Waals surface area contributed by atoms with Gasteiger partial charge >= 0.3 is 0 Å². The Balaban J connectivity index is 1.31. The van der Waals surface area contributed by atoms with Crippen molar-refractivity contribution in [3.05, 3.63) is 65.7 Å². The number of hydrogen-bond acceptors (Lipinski definition) is 3. The molecule has 3 rings (SSSR count). The predicted octanol–water partition coefficient (Wildman–Crippen LogP) is 4.44. The molecule has 1 aliphatic heterocycles. The summed E-state index contributed by atoms with van der Waals surface area (Å²) in [5.74, 6) is 1.66. The van der Waals surface area contributed by atoms with Gasteiger partial charge < -0.3 is 14.5 Å². The molecule has 0 bridgehead atoms. The second kappa shape index (κ2) is 11.5. The van der Waals surface area contributed by atoms with Gasteiger partial charge in [-0.15, -0.1) is 0 Å². The molecule has 0 aromatic heterocycles. The maximum atomic E-state index is 12.5. The summed E-state index contributed by atoms with van der Waals surface area (Å²) in [5, 5.41) is 0. The fraction of sp³-hybridized carbons (Fsp3) is 0.462. The molecule has 0 unspecified atom stereocenters. The van der Waals surface area contributed by atoms with Gasteiger partial charge in [-0.25, -0.2) is 0 Å². The van der Waals surface area contributed by atoms with Crippen LogP contribution in [0.3, 0.4) is 0 Å². The Bertz CT molecular complexity index is 827. The van der Waals surface area contributed by atoms with E-state index >= 15 is 0 Å². The number of carbonyl (C=O) groups excluding carboxylic acids is 2. The lowest BCUT2D eigenvalue weighted by molar-refractivity contribution is -0.134. The zero-order chi connectivity index (χ0) is 22.1. The summed E-state index contributed by atoms with van der Waals surface area (Å²) in [4.78, 5) is 28.7. The first-order valence-electron chi connectivity index (χ1n) is 11.3. The summed E-state index contributed by atoms with van der Waals surface area (Å²) in [6.45, 7) is 4.68. The van der Waals surface area contributed by atoms with Crippen LogP contribution in [0.4, 0.5) is 0 Å². The van der Waals surface area contributed by atoms with Gasteiger partial charge in [-0.2, -0.15) is 0 Å². The van der Waals surface area contributed by atoms with Crippen LogP contribution in [0.1, 0.15) is 43.2 Å². The Kier molecular flexibility index (Phi) is 8.51. The Morgan fingerprint density at radius 2 is 1.68 bits per heavy atom. The Morgan fingerprint density at radius 1 is 1.00 bits per heavy atom. The summed E-state index contributed by atoms with van der Waals surface area (Å²) in [7, 11) is 1.88. The number of likely N-dealkylation sites (tertiary alicyclic amines) is 1. The van der Waals surface area contributed by atoms with Crippen LogP contribution in [-0.4, -0.2) is 48.4 Å². The molecule has 2 amide bonds. The minimum Gasteiger partial charge on any atom is -0.493 e. The van der Waals surface area contributed by atoms with Crippen LogP contribution in [0.25, 0.3) is 0 Å². The first-order chi connectivity index (χ1) is 15.0. The van der Waals surface area contributed by atoms with E-state index in [-0.39, 0.29) is 11.8 Å². The second-order valence-corrected chi connectivity index (χ2v) is 8.51. The largest absolute Gasteiger partial charge is 0.493 e. The highest BCUT2D eigenvalue weighted by atomic mass is 16.5. The number of benzene rings is 2. The molecular weight excluding hydrogens is 388 g/mol. The number of aryl methyl sites for hydroxylation is 1. The van der Waals surface area contributed by atoms with Crippen molar-refractivity contribution < 1.29 is 14.3 Å². The summed E-state index contributed by atoms with van der Waals surface area (Å²) in [5.41, 5.74) is 2.38. The SMILES string of the molecule is Cc1ccc(CN(C)C(=O)CCC2CCN(C(=O)CCOc3ccccc3)CC2)cc1. The molecule has 0 aliphatic carbocycles. The molecule has 31 heavy (non-hydrogen) atoms. The minimum absolute atomic E-state index is 0.156. The van der Waals surface area contributed by atoms with Crippen molar-refractivity contribution in [2.75, 3.05) is 26.7 Å². The van der Waals surface area contributed by atoms with Gasteiger partial charge in [-0.1, -0.05) is 48.0 Å². The molecule has 1 aliphatic rings. The lowest BCUT2D eigenvalue weighted by Gasteiger charge is -2.32. The third kappa shape index (κ3) is 7.42. The van der Waals surface area contributed by atoms with E-state index in [2.05, 4.69) is 31.2 Å². The maximum Gasteiger partial charge on any atom is 0.225 e. The summed E-state index contributed by atoms with van der Waals surface area (Å²) >= 11 is 0. The smallest absolute Gasteiger partial charge is 0.225 e. The topological polar surface area (TPSA) is 49.9 Å². The van der Waals surface area contributed by atoms with Crippen LogP contribution in [0, 0.1) is 12.8 Å². The van der Waals surface area contributed by atoms with Crippen molar-refractivity contribution in [1.82, 2.24) is 9.80 Å². The summed E-state index contributed by atoms with van der Waals surface area (Å²) in [6.07, 6.45) is 3.82. The van der Waals surface area contributed by atoms with Crippen LogP contribution >= 0.6 is 0 Å². The van der Waals surface area contributed by atoms with Crippen molar-refractivity contribution >= 4 is 11.8 Å². The molecule has 2 aromatic carbocycles. The van der Waals surface area contributed by atoms with E-state index in [4.69, 9.17) is 4.74 Å². The highest BCUT2D eigenvalue weighted by Gasteiger charge is 2.23. The fourth-order valence-corrected chi connectivity index (χ4v) is 3.98. The summed E-state index contributed by atoms with van der Waals surface area (Å²) < 4.78 is 5.63. The van der Waals surface area contributed by atoms with Gasteiger partial charge in [0.25, 0.3) is 0 Å². The molecule has 1 fully saturated rings. The van der Waals surface area contributed by atoms with E-state index in [1.54, 1.807) is 0 Å². The van der Waals surface area contributed by atoms with Gasteiger partial charge in [0.05, 0.1) is 13.0 Å². The van der Waals surface area contributed by atoms with Crippen LogP contribution < -0.4 is 4.74 Å². The van der Waals surface area contributed by atoms with Gasteiger partial charge in [0.2, 0.25) is 11.8 Å². The van der Waals surface area contributed by atoms with E-state index in [9.17, 15) is 9.59 Å². The number of hydrogen-bond donors (Lipinski definition) is 0.